The van der Waals surface area contributed by atoms with Crippen LogP contribution < -0.4 is 26.2 Å². The molecule has 0 bridgehead atoms. The van der Waals surface area contributed by atoms with Gasteiger partial charge in [-0.15, -0.1) is 0 Å². The summed E-state index contributed by atoms with van der Waals surface area (Å²) in [5.41, 5.74) is 18.2. The summed E-state index contributed by atoms with van der Waals surface area (Å²) < 4.78 is 2.55. The summed E-state index contributed by atoms with van der Waals surface area (Å²) >= 11 is 3.80. The fraction of sp³-hybridized carbons (Fsp3) is 0.160. The number of benzene rings is 7. The molecule has 0 atom stereocenters. The number of para-hydroxylation sites is 4. The molecule has 12 rings (SSSR count). The highest BCUT2D eigenvalue weighted by Gasteiger charge is 2.47. The zero-order valence-corrected chi connectivity index (χ0v) is 34.1. The van der Waals surface area contributed by atoms with Crippen LogP contribution in [0.15, 0.2) is 153 Å². The Kier molecular flexibility index (Phi) is 6.57. The van der Waals surface area contributed by atoms with Crippen molar-refractivity contribution >= 4 is 103 Å². The minimum Gasteiger partial charge on any atom is -0.309 e. The molecule has 0 radical (unpaired) electrons. The highest BCUT2D eigenvalue weighted by molar-refractivity contribution is 8.00. The van der Waals surface area contributed by atoms with Crippen molar-refractivity contribution in [3.8, 4) is 5.69 Å². The van der Waals surface area contributed by atoms with E-state index < -0.39 is 0 Å². The summed E-state index contributed by atoms with van der Waals surface area (Å²) in [6.07, 6.45) is 0. The zero-order chi connectivity index (χ0) is 37.8. The monoisotopic (exact) mass is 757 g/mol. The van der Waals surface area contributed by atoms with Crippen molar-refractivity contribution in [3.05, 3.63) is 145 Å². The molecule has 7 aromatic carbocycles. The normalized spacial score (nSPS) is 14.7. The molecule has 5 heterocycles. The topological polar surface area (TPSA) is 11.4 Å². The zero-order valence-electron chi connectivity index (χ0n) is 32.4. The second-order valence-electron chi connectivity index (χ2n) is 17.8. The van der Waals surface area contributed by atoms with Crippen LogP contribution >= 0.6 is 23.5 Å². The summed E-state index contributed by atoms with van der Waals surface area (Å²) in [6, 6.07) is 51.3. The van der Waals surface area contributed by atoms with Crippen LogP contribution in [0.2, 0.25) is 0 Å². The number of anilines is 6. The van der Waals surface area contributed by atoms with Crippen molar-refractivity contribution in [2.75, 3.05) is 9.80 Å². The third-order valence-corrected chi connectivity index (χ3v) is 14.7. The van der Waals surface area contributed by atoms with Gasteiger partial charge in [0.2, 0.25) is 0 Å². The van der Waals surface area contributed by atoms with Crippen molar-refractivity contribution < 1.29 is 0 Å². The van der Waals surface area contributed by atoms with E-state index in [1.807, 2.05) is 23.5 Å². The van der Waals surface area contributed by atoms with Gasteiger partial charge in [-0.25, -0.2) is 0 Å². The maximum Gasteiger partial charge on any atom is 0.252 e. The van der Waals surface area contributed by atoms with Gasteiger partial charge < -0.3 is 14.4 Å². The maximum absolute atomic E-state index is 2.60. The van der Waals surface area contributed by atoms with Gasteiger partial charge in [0.15, 0.2) is 0 Å². The third-order valence-electron chi connectivity index (χ3n) is 12.4. The molecular formula is C50H40BN3S2. The van der Waals surface area contributed by atoms with Crippen molar-refractivity contribution in [2.45, 2.75) is 72.0 Å². The molecule has 8 aromatic rings. The molecule has 4 aliphatic heterocycles. The Morgan fingerprint density at radius 2 is 0.893 bits per heavy atom. The number of rotatable bonds is 1. The van der Waals surface area contributed by atoms with Crippen molar-refractivity contribution in [3.63, 3.8) is 0 Å². The number of aromatic nitrogens is 1. The molecule has 6 heteroatoms. The van der Waals surface area contributed by atoms with Crippen LogP contribution in [0.3, 0.4) is 0 Å². The summed E-state index contributed by atoms with van der Waals surface area (Å²) in [5.74, 6) is 0. The molecule has 0 saturated heterocycles. The summed E-state index contributed by atoms with van der Waals surface area (Å²) in [5, 5.41) is 2.62. The Bertz CT molecular complexity index is 2840. The lowest BCUT2D eigenvalue weighted by Crippen LogP contribution is -2.62. The van der Waals surface area contributed by atoms with Gasteiger partial charge in [0, 0.05) is 41.7 Å². The van der Waals surface area contributed by atoms with Crippen LogP contribution in [0, 0.1) is 0 Å². The van der Waals surface area contributed by atoms with Gasteiger partial charge in [0.1, 0.15) is 0 Å². The Balaban J connectivity index is 1.23. The van der Waals surface area contributed by atoms with Crippen LogP contribution in [0.4, 0.5) is 34.1 Å². The van der Waals surface area contributed by atoms with Gasteiger partial charge in [-0.3, -0.25) is 0 Å². The number of fused-ring (bicyclic) bond motifs is 11. The van der Waals surface area contributed by atoms with E-state index in [2.05, 4.69) is 189 Å². The van der Waals surface area contributed by atoms with Crippen molar-refractivity contribution in [1.29, 1.82) is 0 Å². The Morgan fingerprint density at radius 3 is 1.36 bits per heavy atom. The second kappa shape index (κ2) is 11.2. The Labute approximate surface area is 337 Å². The lowest BCUT2D eigenvalue weighted by atomic mass is 9.33. The van der Waals surface area contributed by atoms with Crippen molar-refractivity contribution in [1.82, 2.24) is 4.57 Å². The minimum atomic E-state index is 0.0325. The van der Waals surface area contributed by atoms with Gasteiger partial charge in [-0.2, -0.15) is 0 Å². The van der Waals surface area contributed by atoms with E-state index >= 15 is 0 Å². The first-order valence-corrected chi connectivity index (χ1v) is 21.4. The SMILES string of the molecule is CC(C)(C)c1ccc2c(c1)c1cc(C(C)(C)C)ccc1n2-c1cc2c3c(c1)N1c4ccccc4Sc4cccc(c41)B3c1cccc3c1N2c1ccccc1S3. The summed E-state index contributed by atoms with van der Waals surface area (Å²) in [4.78, 5) is 10.4. The minimum absolute atomic E-state index is 0.0325. The highest BCUT2D eigenvalue weighted by atomic mass is 32.2. The van der Waals surface area contributed by atoms with E-state index in [9.17, 15) is 0 Å². The summed E-state index contributed by atoms with van der Waals surface area (Å²) in [6.45, 7) is 14.0. The fourth-order valence-electron chi connectivity index (χ4n) is 9.74. The lowest BCUT2D eigenvalue weighted by Gasteiger charge is -2.47. The number of hydrogen-bond donors (Lipinski definition) is 0. The van der Waals surface area contributed by atoms with Crippen LogP contribution in [0.1, 0.15) is 52.7 Å². The molecule has 0 N–H and O–H groups in total. The average molecular weight is 758 g/mol. The van der Waals surface area contributed by atoms with Crippen LogP contribution in [0.25, 0.3) is 27.5 Å². The molecule has 0 unspecified atom stereocenters. The van der Waals surface area contributed by atoms with Crippen LogP contribution in [-0.4, -0.2) is 11.3 Å². The van der Waals surface area contributed by atoms with Gasteiger partial charge in [-0.05, 0) is 111 Å². The first kappa shape index (κ1) is 32.9. The Hall–Kier alpha value is -5.30. The lowest BCUT2D eigenvalue weighted by molar-refractivity contribution is 0.590. The van der Waals surface area contributed by atoms with E-state index in [0.29, 0.717) is 0 Å². The smallest absolute Gasteiger partial charge is 0.252 e. The van der Waals surface area contributed by atoms with Gasteiger partial charge in [0.25, 0.3) is 6.71 Å². The molecule has 0 spiro atoms. The third kappa shape index (κ3) is 4.40. The van der Waals surface area contributed by atoms with Crippen LogP contribution in [0.5, 0.6) is 0 Å². The first-order chi connectivity index (χ1) is 27.0. The molecule has 0 saturated carbocycles. The van der Waals surface area contributed by atoms with Gasteiger partial charge >= 0.3 is 0 Å². The maximum atomic E-state index is 2.60. The number of nitrogens with zero attached hydrogens (tertiary/aromatic N) is 3. The van der Waals surface area contributed by atoms with Crippen molar-refractivity contribution in [2.24, 2.45) is 0 Å². The quantitative estimate of drug-likeness (QED) is 0.154. The number of hydrogen-bond acceptors (Lipinski definition) is 4. The van der Waals surface area contributed by atoms with Gasteiger partial charge in [0.05, 0.1) is 39.5 Å². The van der Waals surface area contributed by atoms with E-state index in [4.69, 9.17) is 0 Å². The molecule has 3 nitrogen and oxygen atoms in total. The molecule has 4 aliphatic rings. The molecule has 0 amide bonds. The van der Waals surface area contributed by atoms with E-state index in [1.165, 1.54) is 109 Å². The average Bonchev–Trinajstić information content (AvgIpc) is 3.52. The predicted octanol–water partition coefficient (Wildman–Crippen LogP) is 12.4. The molecule has 56 heavy (non-hydrogen) atoms. The molecule has 0 fully saturated rings. The van der Waals surface area contributed by atoms with E-state index in [1.54, 1.807) is 0 Å². The Morgan fingerprint density at radius 1 is 0.446 bits per heavy atom. The largest absolute Gasteiger partial charge is 0.309 e. The standard InChI is InChI=1S/C50H40BN3S2/c1-49(2,3)29-21-23-36-32(25-29)33-26-30(50(4,5)6)22-24-37(33)52(36)31-27-40-46-41(28-31)54-39-16-8-10-18-43(39)56-45-20-12-14-35(48(45)54)51(46)34-13-11-19-44-47(34)53(40)38-15-7-9-17-42(38)55-44/h7-28H,1-6H3. The second-order valence-corrected chi connectivity index (χ2v) is 20.0. The molecule has 270 valence electrons. The molecule has 1 aromatic heterocycles. The van der Waals surface area contributed by atoms with Crippen LogP contribution in [-0.2, 0) is 10.8 Å². The molecule has 0 aliphatic carbocycles. The predicted molar refractivity (Wildman–Crippen MR) is 240 cm³/mol. The summed E-state index contributed by atoms with van der Waals surface area (Å²) in [7, 11) is 0. The molecular weight excluding hydrogens is 718 g/mol. The first-order valence-electron chi connectivity index (χ1n) is 19.7. The van der Waals surface area contributed by atoms with Gasteiger partial charge in [-0.1, -0.05) is 126 Å². The highest BCUT2D eigenvalue weighted by Crippen LogP contribution is 2.57. The fourth-order valence-corrected chi connectivity index (χ4v) is 11.9. The van der Waals surface area contributed by atoms with E-state index in [0.717, 1.165) is 0 Å². The van der Waals surface area contributed by atoms with E-state index in [-0.39, 0.29) is 17.5 Å².